The van der Waals surface area contributed by atoms with E-state index in [0.717, 1.165) is 11.3 Å². The zero-order valence-corrected chi connectivity index (χ0v) is 14.3. The van der Waals surface area contributed by atoms with Crippen molar-refractivity contribution in [2.75, 3.05) is 11.9 Å². The number of benzene rings is 2. The van der Waals surface area contributed by atoms with Gasteiger partial charge in [0.25, 0.3) is 11.6 Å². The summed E-state index contributed by atoms with van der Waals surface area (Å²) >= 11 is 0. The molecule has 2 aromatic carbocycles. The molecule has 0 radical (unpaired) electrons. The molecule has 0 aliphatic rings. The Hall–Kier alpha value is -3.09. The van der Waals surface area contributed by atoms with Crippen LogP contribution >= 0.6 is 0 Å². The highest BCUT2D eigenvalue weighted by Gasteiger charge is 2.17. The van der Waals surface area contributed by atoms with Crippen molar-refractivity contribution in [3.05, 3.63) is 58.1 Å². The normalized spacial score (nSPS) is 11.5. The number of hydrogen-bond acceptors (Lipinski definition) is 5. The van der Waals surface area contributed by atoms with Crippen LogP contribution in [-0.4, -0.2) is 23.5 Å². The highest BCUT2D eigenvalue weighted by Crippen LogP contribution is 2.23. The number of amides is 1. The lowest BCUT2D eigenvalue weighted by Crippen LogP contribution is -2.30. The molecular formula is C18H20N2O5. The first-order valence-electron chi connectivity index (χ1n) is 7.86. The third-order valence-corrected chi connectivity index (χ3v) is 3.51. The smallest absolute Gasteiger partial charge is 0.271 e. The van der Waals surface area contributed by atoms with E-state index in [9.17, 15) is 14.9 Å². The van der Waals surface area contributed by atoms with Gasteiger partial charge < -0.3 is 14.8 Å². The van der Waals surface area contributed by atoms with Crippen molar-refractivity contribution in [1.82, 2.24) is 0 Å². The molecule has 0 aliphatic heterocycles. The largest absolute Gasteiger partial charge is 0.494 e. The summed E-state index contributed by atoms with van der Waals surface area (Å²) in [7, 11) is 0. The summed E-state index contributed by atoms with van der Waals surface area (Å²) in [4.78, 5) is 22.6. The number of nitrogens with one attached hydrogen (secondary N) is 1. The third-order valence-electron chi connectivity index (χ3n) is 3.51. The summed E-state index contributed by atoms with van der Waals surface area (Å²) in [5, 5.41) is 13.5. The van der Waals surface area contributed by atoms with Crippen molar-refractivity contribution < 1.29 is 19.2 Å². The number of carbonyl (C=O) groups is 1. The molecule has 0 aliphatic carbocycles. The summed E-state index contributed by atoms with van der Waals surface area (Å²) in [6.45, 7) is 5.84. The monoisotopic (exact) mass is 344 g/mol. The Bertz CT molecular complexity index is 759. The van der Waals surface area contributed by atoms with Gasteiger partial charge >= 0.3 is 0 Å². The highest BCUT2D eigenvalue weighted by atomic mass is 16.6. The molecule has 7 heteroatoms. The molecule has 0 aromatic heterocycles. The number of hydrogen-bond donors (Lipinski definition) is 1. The lowest BCUT2D eigenvalue weighted by atomic mass is 10.1. The van der Waals surface area contributed by atoms with E-state index in [1.807, 2.05) is 6.92 Å². The van der Waals surface area contributed by atoms with E-state index in [2.05, 4.69) is 5.32 Å². The topological polar surface area (TPSA) is 90.7 Å². The Morgan fingerprint density at radius 3 is 2.44 bits per heavy atom. The van der Waals surface area contributed by atoms with Crippen LogP contribution in [0.5, 0.6) is 11.5 Å². The fraction of sp³-hybridized carbons (Fsp3) is 0.278. The molecule has 1 N–H and O–H groups in total. The van der Waals surface area contributed by atoms with Crippen LogP contribution in [0.2, 0.25) is 0 Å². The van der Waals surface area contributed by atoms with Gasteiger partial charge in [-0.1, -0.05) is 6.07 Å². The quantitative estimate of drug-likeness (QED) is 0.611. The Morgan fingerprint density at radius 2 is 1.84 bits per heavy atom. The second-order valence-electron chi connectivity index (χ2n) is 5.41. The summed E-state index contributed by atoms with van der Waals surface area (Å²) in [6, 6.07) is 11.3. The van der Waals surface area contributed by atoms with Crippen LogP contribution in [0.1, 0.15) is 19.4 Å². The molecule has 0 saturated heterocycles. The zero-order chi connectivity index (χ0) is 18.4. The fourth-order valence-corrected chi connectivity index (χ4v) is 2.13. The standard InChI is InChI=1S/C18H20N2O5/c1-4-24-15-7-9-16(10-8-15)25-13(3)18(21)19-17-11-14(20(22)23)6-5-12(17)2/h5-11,13H,4H2,1-3H3,(H,19,21). The van der Waals surface area contributed by atoms with Gasteiger partial charge in [-0.05, 0) is 50.6 Å². The van der Waals surface area contributed by atoms with Gasteiger partial charge in [0.15, 0.2) is 6.10 Å². The fourth-order valence-electron chi connectivity index (χ4n) is 2.13. The molecule has 7 nitrogen and oxygen atoms in total. The molecule has 132 valence electrons. The van der Waals surface area contributed by atoms with Crippen LogP contribution < -0.4 is 14.8 Å². The van der Waals surface area contributed by atoms with Gasteiger partial charge in [-0.25, -0.2) is 0 Å². The number of ether oxygens (including phenoxy) is 2. The second-order valence-corrected chi connectivity index (χ2v) is 5.41. The van der Waals surface area contributed by atoms with Crippen molar-refractivity contribution in [2.24, 2.45) is 0 Å². The van der Waals surface area contributed by atoms with Crippen molar-refractivity contribution in [2.45, 2.75) is 26.9 Å². The molecule has 0 fully saturated rings. The summed E-state index contributed by atoms with van der Waals surface area (Å²) in [5.74, 6) is 0.860. The average Bonchev–Trinajstić information content (AvgIpc) is 2.58. The average molecular weight is 344 g/mol. The molecule has 2 rings (SSSR count). The lowest BCUT2D eigenvalue weighted by molar-refractivity contribution is -0.384. The van der Waals surface area contributed by atoms with Gasteiger partial charge in [0.1, 0.15) is 11.5 Å². The lowest BCUT2D eigenvalue weighted by Gasteiger charge is -2.16. The second kappa shape index (κ2) is 8.14. The van der Waals surface area contributed by atoms with E-state index in [1.54, 1.807) is 44.2 Å². The molecular weight excluding hydrogens is 324 g/mol. The van der Waals surface area contributed by atoms with Gasteiger partial charge in [0, 0.05) is 12.1 Å². The van der Waals surface area contributed by atoms with E-state index in [1.165, 1.54) is 12.1 Å². The van der Waals surface area contributed by atoms with Gasteiger partial charge in [0.2, 0.25) is 0 Å². The Labute approximate surface area is 145 Å². The van der Waals surface area contributed by atoms with E-state index in [-0.39, 0.29) is 5.69 Å². The number of aryl methyl sites for hydroxylation is 1. The van der Waals surface area contributed by atoms with E-state index >= 15 is 0 Å². The maximum absolute atomic E-state index is 12.3. The Balaban J connectivity index is 2.02. The van der Waals surface area contributed by atoms with Gasteiger partial charge in [-0.3, -0.25) is 14.9 Å². The first-order valence-corrected chi connectivity index (χ1v) is 7.86. The highest BCUT2D eigenvalue weighted by molar-refractivity contribution is 5.95. The SMILES string of the molecule is CCOc1ccc(OC(C)C(=O)Nc2cc([N+](=O)[O-])ccc2C)cc1. The van der Waals surface area contributed by atoms with Gasteiger partial charge in [-0.2, -0.15) is 0 Å². The molecule has 0 heterocycles. The molecule has 0 bridgehead atoms. The zero-order valence-electron chi connectivity index (χ0n) is 14.3. The first-order chi connectivity index (χ1) is 11.9. The number of rotatable bonds is 7. The molecule has 1 amide bonds. The van der Waals surface area contributed by atoms with Crippen LogP contribution in [-0.2, 0) is 4.79 Å². The van der Waals surface area contributed by atoms with Crippen molar-refractivity contribution in [3.8, 4) is 11.5 Å². The minimum absolute atomic E-state index is 0.0824. The van der Waals surface area contributed by atoms with Crippen LogP contribution in [0.15, 0.2) is 42.5 Å². The van der Waals surface area contributed by atoms with Crippen molar-refractivity contribution in [3.63, 3.8) is 0 Å². The first kappa shape index (κ1) is 18.3. The number of nitro groups is 1. The number of non-ortho nitro benzene ring substituents is 1. The number of nitrogens with zero attached hydrogens (tertiary/aromatic N) is 1. The molecule has 2 aromatic rings. The minimum Gasteiger partial charge on any atom is -0.494 e. The maximum atomic E-state index is 12.3. The molecule has 1 unspecified atom stereocenters. The van der Waals surface area contributed by atoms with E-state index in [4.69, 9.17) is 9.47 Å². The van der Waals surface area contributed by atoms with Crippen LogP contribution in [0.3, 0.4) is 0 Å². The van der Waals surface area contributed by atoms with Crippen molar-refractivity contribution in [1.29, 1.82) is 0 Å². The predicted octanol–water partition coefficient (Wildman–Crippen LogP) is 3.71. The van der Waals surface area contributed by atoms with Gasteiger partial charge in [0.05, 0.1) is 17.2 Å². The maximum Gasteiger partial charge on any atom is 0.271 e. The predicted molar refractivity (Wildman–Crippen MR) is 94.2 cm³/mol. The molecule has 25 heavy (non-hydrogen) atoms. The molecule has 1 atom stereocenters. The van der Waals surface area contributed by atoms with E-state index < -0.39 is 16.9 Å². The minimum atomic E-state index is -0.767. The number of anilines is 1. The van der Waals surface area contributed by atoms with Gasteiger partial charge in [-0.15, -0.1) is 0 Å². The molecule has 0 spiro atoms. The van der Waals surface area contributed by atoms with Crippen molar-refractivity contribution >= 4 is 17.3 Å². The summed E-state index contributed by atoms with van der Waals surface area (Å²) in [5.41, 5.74) is 1.04. The van der Waals surface area contributed by atoms with Crippen LogP contribution in [0.25, 0.3) is 0 Å². The van der Waals surface area contributed by atoms with Crippen LogP contribution in [0, 0.1) is 17.0 Å². The summed E-state index contributed by atoms with van der Waals surface area (Å²) in [6.07, 6.45) is -0.767. The van der Waals surface area contributed by atoms with E-state index in [0.29, 0.717) is 18.0 Å². The number of carbonyl (C=O) groups excluding carboxylic acids is 1. The Kier molecular flexibility index (Phi) is 5.94. The van der Waals surface area contributed by atoms with Crippen LogP contribution in [0.4, 0.5) is 11.4 Å². The Morgan fingerprint density at radius 1 is 1.20 bits per heavy atom. The molecule has 0 saturated carbocycles. The third kappa shape index (κ3) is 4.94. The summed E-state index contributed by atoms with van der Waals surface area (Å²) < 4.78 is 10.9. The number of nitro benzene ring substituents is 1.